The molecular formula is C30H32O11. The molecular weight excluding hydrogens is 536 g/mol. The Hall–Kier alpha value is -4.38. The van der Waals surface area contributed by atoms with Gasteiger partial charge in [-0.15, -0.1) is 0 Å². The van der Waals surface area contributed by atoms with Gasteiger partial charge in [0.2, 0.25) is 12.4 Å². The van der Waals surface area contributed by atoms with Gasteiger partial charge >= 0.3 is 23.9 Å². The third-order valence-electron chi connectivity index (χ3n) is 6.35. The third-order valence-corrected chi connectivity index (χ3v) is 6.35. The number of carbonyl (C=O) groups is 4. The Kier molecular flexibility index (Phi) is 9.61. The van der Waals surface area contributed by atoms with Crippen LogP contribution in [0.3, 0.4) is 0 Å². The SMILES string of the molecule is CC(=O)OC[C@H]1O[C@@H](Oc2cccc3occ(CCc4ccccc4)c23)[C@H](OC(C)=O)[C@@H](OC(C)=O)[C@H]1OC(C)=O. The van der Waals surface area contributed by atoms with E-state index in [-0.39, 0.29) is 6.61 Å². The molecule has 0 N–H and O–H groups in total. The van der Waals surface area contributed by atoms with Gasteiger partial charge in [-0.3, -0.25) is 19.2 Å². The summed E-state index contributed by atoms with van der Waals surface area (Å²) in [6, 6.07) is 15.2. The molecule has 218 valence electrons. The molecule has 0 saturated carbocycles. The van der Waals surface area contributed by atoms with Crippen molar-refractivity contribution in [3.8, 4) is 5.75 Å². The van der Waals surface area contributed by atoms with Crippen LogP contribution in [0.5, 0.6) is 5.75 Å². The highest BCUT2D eigenvalue weighted by Gasteiger charge is 2.53. The van der Waals surface area contributed by atoms with E-state index in [1.165, 1.54) is 13.8 Å². The van der Waals surface area contributed by atoms with Crippen molar-refractivity contribution in [1.82, 2.24) is 0 Å². The molecule has 0 spiro atoms. The van der Waals surface area contributed by atoms with E-state index < -0.39 is 54.6 Å². The van der Waals surface area contributed by atoms with Crippen molar-refractivity contribution in [3.63, 3.8) is 0 Å². The van der Waals surface area contributed by atoms with Crippen molar-refractivity contribution in [2.45, 2.75) is 71.2 Å². The Morgan fingerprint density at radius 1 is 0.732 bits per heavy atom. The predicted molar refractivity (Wildman–Crippen MR) is 143 cm³/mol. The molecule has 0 unspecified atom stereocenters. The van der Waals surface area contributed by atoms with Gasteiger partial charge in [0.15, 0.2) is 12.2 Å². The van der Waals surface area contributed by atoms with Crippen molar-refractivity contribution >= 4 is 34.8 Å². The van der Waals surface area contributed by atoms with E-state index in [2.05, 4.69) is 0 Å². The van der Waals surface area contributed by atoms with Gasteiger partial charge in [0.1, 0.15) is 24.0 Å². The summed E-state index contributed by atoms with van der Waals surface area (Å²) in [5, 5.41) is 0.691. The Morgan fingerprint density at radius 3 is 2.05 bits per heavy atom. The van der Waals surface area contributed by atoms with E-state index >= 15 is 0 Å². The molecule has 4 rings (SSSR count). The minimum absolute atomic E-state index is 0.351. The van der Waals surface area contributed by atoms with Gasteiger partial charge in [-0.25, -0.2) is 0 Å². The van der Waals surface area contributed by atoms with E-state index in [0.29, 0.717) is 23.1 Å². The summed E-state index contributed by atoms with van der Waals surface area (Å²) >= 11 is 0. The minimum atomic E-state index is -1.35. The molecule has 0 aliphatic carbocycles. The highest BCUT2D eigenvalue weighted by molar-refractivity contribution is 5.87. The maximum Gasteiger partial charge on any atom is 0.303 e. The van der Waals surface area contributed by atoms with Crippen molar-refractivity contribution < 1.29 is 52.0 Å². The molecule has 1 saturated heterocycles. The van der Waals surface area contributed by atoms with Crippen molar-refractivity contribution in [2.75, 3.05) is 6.61 Å². The van der Waals surface area contributed by atoms with Gasteiger partial charge in [-0.1, -0.05) is 36.4 Å². The zero-order valence-corrected chi connectivity index (χ0v) is 23.2. The van der Waals surface area contributed by atoms with E-state index in [4.69, 9.17) is 32.8 Å². The Balaban J connectivity index is 1.70. The number of fused-ring (bicyclic) bond motifs is 1. The summed E-state index contributed by atoms with van der Waals surface area (Å²) in [6.45, 7) is 4.35. The highest BCUT2D eigenvalue weighted by atomic mass is 16.7. The molecule has 1 fully saturated rings. The van der Waals surface area contributed by atoms with Crippen molar-refractivity contribution in [2.24, 2.45) is 0 Å². The van der Waals surface area contributed by atoms with Gasteiger partial charge < -0.3 is 32.8 Å². The van der Waals surface area contributed by atoms with Crippen LogP contribution in [-0.4, -0.2) is 61.2 Å². The smallest absolute Gasteiger partial charge is 0.303 e. The van der Waals surface area contributed by atoms with E-state index in [1.807, 2.05) is 30.3 Å². The van der Waals surface area contributed by atoms with Crippen LogP contribution in [0.1, 0.15) is 38.8 Å². The first-order chi connectivity index (χ1) is 19.6. The fourth-order valence-electron chi connectivity index (χ4n) is 4.73. The average molecular weight is 569 g/mol. The number of benzene rings is 2. The van der Waals surface area contributed by atoms with Crippen LogP contribution in [0.4, 0.5) is 0 Å². The zero-order chi connectivity index (χ0) is 29.5. The molecule has 1 aliphatic rings. The Labute approximate surface area is 236 Å². The Bertz CT molecular complexity index is 1380. The van der Waals surface area contributed by atoms with E-state index in [1.54, 1.807) is 24.5 Å². The first kappa shape index (κ1) is 29.6. The molecule has 1 aliphatic heterocycles. The second-order valence-electron chi connectivity index (χ2n) is 9.56. The Morgan fingerprint density at radius 2 is 1.39 bits per heavy atom. The van der Waals surface area contributed by atoms with Crippen molar-refractivity contribution in [3.05, 3.63) is 65.9 Å². The fraction of sp³-hybridized carbons (Fsp3) is 0.400. The summed E-state index contributed by atoms with van der Waals surface area (Å²) in [6.07, 6.45) is -3.36. The first-order valence-corrected chi connectivity index (χ1v) is 13.1. The summed E-state index contributed by atoms with van der Waals surface area (Å²) in [5.41, 5.74) is 2.60. The van der Waals surface area contributed by atoms with Crippen LogP contribution < -0.4 is 4.74 Å². The van der Waals surface area contributed by atoms with Gasteiger partial charge in [0, 0.05) is 33.3 Å². The van der Waals surface area contributed by atoms with E-state index in [9.17, 15) is 19.2 Å². The summed E-state index contributed by atoms with van der Waals surface area (Å²) in [5.74, 6) is -2.40. The number of furan rings is 1. The molecule has 3 aromatic rings. The monoisotopic (exact) mass is 568 g/mol. The van der Waals surface area contributed by atoms with Crippen molar-refractivity contribution in [1.29, 1.82) is 0 Å². The predicted octanol–water partition coefficient (Wildman–Crippen LogP) is 3.68. The quantitative estimate of drug-likeness (QED) is 0.262. The van der Waals surface area contributed by atoms with Gasteiger partial charge in [0.25, 0.3) is 0 Å². The standard InChI is InChI=1S/C30H32O11/c1-17(31)35-16-25-27(37-18(2)32)28(38-19(3)33)29(39-20(4)34)30(41-25)40-24-12-8-11-23-26(24)22(15-36-23)14-13-21-9-6-5-7-10-21/h5-12,15,25,27-30H,13-14,16H2,1-4H3/t25-,27+,28+,29-,30-/m1/s1. The van der Waals surface area contributed by atoms with Gasteiger partial charge in [-0.05, 0) is 30.5 Å². The summed E-state index contributed by atoms with van der Waals surface area (Å²) in [7, 11) is 0. The molecule has 0 bridgehead atoms. The second-order valence-corrected chi connectivity index (χ2v) is 9.56. The molecule has 41 heavy (non-hydrogen) atoms. The summed E-state index contributed by atoms with van der Waals surface area (Å²) in [4.78, 5) is 47.8. The normalized spacial score (nSPS) is 22.0. The van der Waals surface area contributed by atoms with Crippen LogP contribution in [0.15, 0.2) is 59.2 Å². The molecule has 11 heteroatoms. The van der Waals surface area contributed by atoms with Crippen LogP contribution >= 0.6 is 0 Å². The highest BCUT2D eigenvalue weighted by Crippen LogP contribution is 2.36. The molecule has 2 aromatic carbocycles. The number of hydrogen-bond acceptors (Lipinski definition) is 11. The summed E-state index contributed by atoms with van der Waals surface area (Å²) < 4.78 is 39.8. The lowest BCUT2D eigenvalue weighted by molar-refractivity contribution is -0.288. The van der Waals surface area contributed by atoms with E-state index in [0.717, 1.165) is 31.4 Å². The van der Waals surface area contributed by atoms with Crippen LogP contribution in [0, 0.1) is 0 Å². The number of aryl methyl sites for hydroxylation is 2. The average Bonchev–Trinajstić information content (AvgIpc) is 3.33. The number of rotatable bonds is 10. The lowest BCUT2D eigenvalue weighted by Crippen LogP contribution is -2.63. The molecule has 1 aromatic heterocycles. The second kappa shape index (κ2) is 13.3. The van der Waals surface area contributed by atoms with Crippen LogP contribution in [0.2, 0.25) is 0 Å². The third kappa shape index (κ3) is 7.63. The molecule has 5 atom stereocenters. The number of esters is 4. The largest absolute Gasteiger partial charge is 0.464 e. The maximum absolute atomic E-state index is 12.1. The molecule has 2 heterocycles. The topological polar surface area (TPSA) is 137 Å². The first-order valence-electron chi connectivity index (χ1n) is 13.1. The molecule has 0 amide bonds. The number of carbonyl (C=O) groups excluding carboxylic acids is 4. The lowest BCUT2D eigenvalue weighted by atomic mass is 9.98. The maximum atomic E-state index is 12.1. The zero-order valence-electron chi connectivity index (χ0n) is 23.2. The van der Waals surface area contributed by atoms with Crippen LogP contribution in [-0.2, 0) is 55.7 Å². The minimum Gasteiger partial charge on any atom is -0.464 e. The number of ether oxygens (including phenoxy) is 6. The van der Waals surface area contributed by atoms with Crippen LogP contribution in [0.25, 0.3) is 11.0 Å². The number of hydrogen-bond donors (Lipinski definition) is 0. The fourth-order valence-corrected chi connectivity index (χ4v) is 4.73. The van der Waals surface area contributed by atoms with Gasteiger partial charge in [0.05, 0.1) is 11.6 Å². The molecule has 0 radical (unpaired) electrons. The molecule has 11 nitrogen and oxygen atoms in total. The lowest BCUT2D eigenvalue weighted by Gasteiger charge is -2.44. The van der Waals surface area contributed by atoms with Gasteiger partial charge in [-0.2, -0.15) is 0 Å².